The Balaban J connectivity index is 0.00000300. The van der Waals surface area contributed by atoms with Crippen molar-refractivity contribution in [3.8, 4) is 0 Å². The van der Waals surface area contributed by atoms with Crippen LogP contribution in [0.2, 0.25) is 0 Å². The smallest absolute Gasteiger partial charge is 0.306 e. The predicted molar refractivity (Wildman–Crippen MR) is 113 cm³/mol. The van der Waals surface area contributed by atoms with Crippen molar-refractivity contribution >= 4 is 30.1 Å². The number of ketones is 1. The van der Waals surface area contributed by atoms with Crippen LogP contribution in [-0.2, 0) is 4.79 Å². The summed E-state index contributed by atoms with van der Waals surface area (Å²) in [6.07, 6.45) is 6.45. The van der Waals surface area contributed by atoms with E-state index in [1.807, 2.05) is 6.92 Å². The van der Waals surface area contributed by atoms with Crippen LogP contribution in [0.3, 0.4) is 0 Å². The molecule has 0 radical (unpaired) electrons. The molecular weight excluding hydrogens is 392 g/mol. The number of aliphatic carboxylic acids is 1. The first-order chi connectivity index (χ1) is 13.3. The third-order valence-electron chi connectivity index (χ3n) is 6.87. The summed E-state index contributed by atoms with van der Waals surface area (Å²) in [5.74, 6) is -1.07. The molecule has 160 valence electrons. The number of primary amides is 1. The zero-order valence-electron chi connectivity index (χ0n) is 16.9. The molecule has 2 fully saturated rings. The SMILES string of the molecule is CCC(C(=O)O)C1CCC2(CCC(C(=O)c3ccc(C(N)=O)cc3)NC2)CC1.Cl. The number of nitrogens with two attached hydrogens (primary N) is 1. The van der Waals surface area contributed by atoms with Gasteiger partial charge in [-0.1, -0.05) is 19.1 Å². The lowest BCUT2D eigenvalue weighted by atomic mass is 9.63. The summed E-state index contributed by atoms with van der Waals surface area (Å²) in [5, 5.41) is 12.8. The van der Waals surface area contributed by atoms with Gasteiger partial charge in [-0.2, -0.15) is 0 Å². The van der Waals surface area contributed by atoms with E-state index in [-0.39, 0.29) is 41.5 Å². The van der Waals surface area contributed by atoms with Crippen molar-refractivity contribution in [1.29, 1.82) is 0 Å². The number of carbonyl (C=O) groups excluding carboxylic acids is 2. The number of halogens is 1. The number of carboxylic acid groups (broad SMARTS) is 1. The second kappa shape index (κ2) is 9.72. The third kappa shape index (κ3) is 5.17. The fraction of sp³-hybridized carbons (Fsp3) is 0.591. The molecule has 7 heteroatoms. The van der Waals surface area contributed by atoms with E-state index in [1.165, 1.54) is 0 Å². The fourth-order valence-electron chi connectivity index (χ4n) is 5.00. The van der Waals surface area contributed by atoms with Crippen molar-refractivity contribution in [1.82, 2.24) is 5.32 Å². The first-order valence-corrected chi connectivity index (χ1v) is 10.3. The van der Waals surface area contributed by atoms with E-state index in [0.717, 1.165) is 45.1 Å². The van der Waals surface area contributed by atoms with E-state index in [1.54, 1.807) is 24.3 Å². The van der Waals surface area contributed by atoms with Crippen molar-refractivity contribution in [2.24, 2.45) is 23.0 Å². The number of piperidine rings is 1. The summed E-state index contributed by atoms with van der Waals surface area (Å²) in [6.45, 7) is 2.76. The third-order valence-corrected chi connectivity index (χ3v) is 6.87. The van der Waals surface area contributed by atoms with Crippen LogP contribution < -0.4 is 11.1 Å². The highest BCUT2D eigenvalue weighted by Gasteiger charge is 2.42. The zero-order valence-corrected chi connectivity index (χ0v) is 17.7. The fourth-order valence-corrected chi connectivity index (χ4v) is 5.00. The predicted octanol–water partition coefficient (Wildman–Crippen LogP) is 3.43. The number of nitrogens with one attached hydrogen (secondary N) is 1. The topological polar surface area (TPSA) is 109 Å². The lowest BCUT2D eigenvalue weighted by Gasteiger charge is -2.46. The van der Waals surface area contributed by atoms with Gasteiger partial charge in [0.25, 0.3) is 0 Å². The number of carbonyl (C=O) groups is 3. The highest BCUT2D eigenvalue weighted by molar-refractivity contribution is 6.01. The average molecular weight is 423 g/mol. The van der Waals surface area contributed by atoms with Gasteiger partial charge in [-0.3, -0.25) is 14.4 Å². The highest BCUT2D eigenvalue weighted by atomic mass is 35.5. The van der Waals surface area contributed by atoms with Gasteiger partial charge in [0.05, 0.1) is 12.0 Å². The summed E-state index contributed by atoms with van der Waals surface area (Å²) in [6, 6.07) is 6.30. The summed E-state index contributed by atoms with van der Waals surface area (Å²) < 4.78 is 0. The van der Waals surface area contributed by atoms with Crippen LogP contribution in [0.5, 0.6) is 0 Å². The van der Waals surface area contributed by atoms with Crippen LogP contribution in [0.25, 0.3) is 0 Å². The van der Waals surface area contributed by atoms with Crippen LogP contribution >= 0.6 is 12.4 Å². The number of Topliss-reactive ketones (excluding diaryl/α,β-unsaturated/α-hetero) is 1. The number of amides is 1. The van der Waals surface area contributed by atoms with Gasteiger partial charge in [0.15, 0.2) is 5.78 Å². The molecule has 1 aromatic carbocycles. The molecule has 2 atom stereocenters. The minimum Gasteiger partial charge on any atom is -0.481 e. The van der Waals surface area contributed by atoms with Crippen LogP contribution in [0.15, 0.2) is 24.3 Å². The van der Waals surface area contributed by atoms with Crippen LogP contribution in [-0.4, -0.2) is 35.4 Å². The number of hydrogen-bond donors (Lipinski definition) is 3. The Labute approximate surface area is 178 Å². The molecule has 1 amide bonds. The maximum atomic E-state index is 12.8. The van der Waals surface area contributed by atoms with Crippen molar-refractivity contribution in [2.75, 3.05) is 6.54 Å². The molecule has 2 aliphatic rings. The molecule has 1 spiro atoms. The Kier molecular flexibility index (Phi) is 7.83. The summed E-state index contributed by atoms with van der Waals surface area (Å²) >= 11 is 0. The summed E-state index contributed by atoms with van der Waals surface area (Å²) in [7, 11) is 0. The number of rotatable bonds is 6. The summed E-state index contributed by atoms with van der Waals surface area (Å²) in [4.78, 5) is 35.4. The lowest BCUT2D eigenvalue weighted by molar-refractivity contribution is -0.144. The molecule has 1 heterocycles. The monoisotopic (exact) mass is 422 g/mol. The Bertz CT molecular complexity index is 732. The van der Waals surface area contributed by atoms with Crippen molar-refractivity contribution < 1.29 is 19.5 Å². The minimum atomic E-state index is -0.668. The van der Waals surface area contributed by atoms with Crippen LogP contribution in [0.1, 0.15) is 72.6 Å². The Morgan fingerprint density at radius 3 is 2.10 bits per heavy atom. The standard InChI is InChI=1S/C22H30N2O4.ClH/c1-2-17(21(27)28)14-7-10-22(11-8-14)12-9-18(24-13-22)19(25)15-3-5-16(6-4-15)20(23)26;/h3-6,14,17-18,24H,2,7-13H2,1H3,(H2,23,26)(H,27,28);1H. The quantitative estimate of drug-likeness (QED) is 0.608. The number of carboxylic acids is 1. The van der Waals surface area contributed by atoms with Crippen molar-refractivity contribution in [3.05, 3.63) is 35.4 Å². The van der Waals surface area contributed by atoms with E-state index in [4.69, 9.17) is 5.73 Å². The van der Waals surface area contributed by atoms with Crippen molar-refractivity contribution in [2.45, 2.75) is 57.9 Å². The molecule has 29 heavy (non-hydrogen) atoms. The molecule has 4 N–H and O–H groups in total. The maximum Gasteiger partial charge on any atom is 0.306 e. The molecule has 0 aromatic heterocycles. The highest BCUT2D eigenvalue weighted by Crippen LogP contribution is 2.46. The van der Waals surface area contributed by atoms with E-state index < -0.39 is 11.9 Å². The van der Waals surface area contributed by atoms with E-state index in [0.29, 0.717) is 17.5 Å². The van der Waals surface area contributed by atoms with Crippen LogP contribution in [0, 0.1) is 17.3 Å². The lowest BCUT2D eigenvalue weighted by Crippen LogP contribution is -2.50. The Morgan fingerprint density at radius 2 is 1.66 bits per heavy atom. The second-order valence-electron chi connectivity index (χ2n) is 8.47. The van der Waals surface area contributed by atoms with E-state index >= 15 is 0 Å². The first-order valence-electron chi connectivity index (χ1n) is 10.3. The molecule has 1 saturated heterocycles. The van der Waals surface area contributed by atoms with E-state index in [9.17, 15) is 19.5 Å². The van der Waals surface area contributed by atoms with Gasteiger partial charge in [0.1, 0.15) is 0 Å². The zero-order chi connectivity index (χ0) is 20.3. The van der Waals surface area contributed by atoms with Gasteiger partial charge in [-0.25, -0.2) is 0 Å². The van der Waals surface area contributed by atoms with Gasteiger partial charge in [-0.05, 0) is 68.4 Å². The number of hydrogen-bond acceptors (Lipinski definition) is 4. The molecule has 1 saturated carbocycles. The van der Waals surface area contributed by atoms with Gasteiger partial charge >= 0.3 is 5.97 Å². The van der Waals surface area contributed by atoms with Gasteiger partial charge in [-0.15, -0.1) is 12.4 Å². The van der Waals surface area contributed by atoms with Gasteiger partial charge in [0.2, 0.25) is 5.91 Å². The molecule has 1 aliphatic carbocycles. The van der Waals surface area contributed by atoms with Gasteiger partial charge < -0.3 is 16.2 Å². The van der Waals surface area contributed by atoms with E-state index in [2.05, 4.69) is 5.32 Å². The second-order valence-corrected chi connectivity index (χ2v) is 8.47. The minimum absolute atomic E-state index is 0. The average Bonchev–Trinajstić information content (AvgIpc) is 2.70. The maximum absolute atomic E-state index is 12.8. The molecule has 6 nitrogen and oxygen atoms in total. The summed E-state index contributed by atoms with van der Waals surface area (Å²) in [5.41, 5.74) is 6.43. The first kappa shape index (κ1) is 23.4. The number of benzene rings is 1. The van der Waals surface area contributed by atoms with Crippen LogP contribution in [0.4, 0.5) is 0 Å². The largest absolute Gasteiger partial charge is 0.481 e. The van der Waals surface area contributed by atoms with Crippen molar-refractivity contribution in [3.63, 3.8) is 0 Å². The normalized spacial score (nSPS) is 27.6. The molecular formula is C22H31ClN2O4. The Morgan fingerprint density at radius 1 is 1.10 bits per heavy atom. The molecule has 1 aromatic rings. The molecule has 2 unspecified atom stereocenters. The molecule has 1 aliphatic heterocycles. The molecule has 3 rings (SSSR count). The Hall–Kier alpha value is -1.92. The molecule has 0 bridgehead atoms. The van der Waals surface area contributed by atoms with Gasteiger partial charge in [0, 0.05) is 17.7 Å².